The molecule has 0 saturated carbocycles. The number of nitrogens with zero attached hydrogens (tertiary/aromatic N) is 2. The first-order valence-corrected chi connectivity index (χ1v) is 8.25. The molecule has 1 aromatic carbocycles. The summed E-state index contributed by atoms with van der Waals surface area (Å²) in [4.78, 5) is 21.4. The molecule has 0 radical (unpaired) electrons. The highest BCUT2D eigenvalue weighted by Gasteiger charge is 2.15. The highest BCUT2D eigenvalue weighted by atomic mass is 16.5. The largest absolute Gasteiger partial charge is 0.496 e. The van der Waals surface area contributed by atoms with E-state index in [2.05, 4.69) is 20.9 Å². The van der Waals surface area contributed by atoms with Crippen molar-refractivity contribution in [3.8, 4) is 16.9 Å². The monoisotopic (exact) mass is 337 g/mol. The zero-order valence-corrected chi connectivity index (χ0v) is 14.0. The van der Waals surface area contributed by atoms with Crippen molar-refractivity contribution in [3.05, 3.63) is 53.1 Å². The third kappa shape index (κ3) is 2.96. The van der Waals surface area contributed by atoms with Crippen LogP contribution in [0, 0.1) is 0 Å². The van der Waals surface area contributed by atoms with Gasteiger partial charge in [-0.15, -0.1) is 0 Å². The van der Waals surface area contributed by atoms with Gasteiger partial charge in [-0.1, -0.05) is 0 Å². The quantitative estimate of drug-likeness (QED) is 0.795. The molecule has 1 aliphatic heterocycles. The van der Waals surface area contributed by atoms with Gasteiger partial charge in [0.25, 0.3) is 5.56 Å². The molecule has 4 rings (SSSR count). The van der Waals surface area contributed by atoms with Gasteiger partial charge >= 0.3 is 0 Å². The van der Waals surface area contributed by atoms with Crippen molar-refractivity contribution in [3.63, 3.8) is 0 Å². The molecule has 25 heavy (non-hydrogen) atoms. The van der Waals surface area contributed by atoms with E-state index in [1.165, 1.54) is 0 Å². The minimum absolute atomic E-state index is 0.119. The molecular formula is C19H19N3O3. The second-order valence-electron chi connectivity index (χ2n) is 5.95. The fourth-order valence-corrected chi connectivity index (χ4v) is 3.16. The molecule has 3 aromatic rings. The zero-order valence-electron chi connectivity index (χ0n) is 14.0. The van der Waals surface area contributed by atoms with Gasteiger partial charge in [0.2, 0.25) is 0 Å². The van der Waals surface area contributed by atoms with E-state index in [0.29, 0.717) is 24.3 Å². The van der Waals surface area contributed by atoms with Crippen LogP contribution in [0.3, 0.4) is 0 Å². The highest BCUT2D eigenvalue weighted by Crippen LogP contribution is 2.34. The fourth-order valence-electron chi connectivity index (χ4n) is 3.16. The Morgan fingerprint density at radius 3 is 2.84 bits per heavy atom. The standard InChI is InChI=1S/C19H19N3O3/c1-24-17-12-16-13(3-5-21-19(16)23)10-15(17)14-2-4-20-18(11-14)22-6-8-25-9-7-22/h2-5,10-12H,6-9H2,1H3,(H,21,23). The maximum Gasteiger partial charge on any atom is 0.255 e. The third-order valence-electron chi connectivity index (χ3n) is 4.49. The molecule has 3 heterocycles. The van der Waals surface area contributed by atoms with Crippen molar-refractivity contribution >= 4 is 16.6 Å². The van der Waals surface area contributed by atoms with E-state index in [4.69, 9.17) is 9.47 Å². The third-order valence-corrected chi connectivity index (χ3v) is 4.49. The number of anilines is 1. The number of aromatic nitrogens is 2. The lowest BCUT2D eigenvalue weighted by Crippen LogP contribution is -2.36. The maximum atomic E-state index is 12.0. The second-order valence-corrected chi connectivity index (χ2v) is 5.95. The summed E-state index contributed by atoms with van der Waals surface area (Å²) >= 11 is 0. The molecule has 0 spiro atoms. The van der Waals surface area contributed by atoms with Crippen LogP contribution in [0.15, 0.2) is 47.5 Å². The molecule has 1 saturated heterocycles. The number of fused-ring (bicyclic) bond motifs is 1. The van der Waals surface area contributed by atoms with Gasteiger partial charge in [-0.2, -0.15) is 0 Å². The van der Waals surface area contributed by atoms with Crippen molar-refractivity contribution in [1.29, 1.82) is 0 Å². The van der Waals surface area contributed by atoms with Crippen molar-refractivity contribution in [2.75, 3.05) is 38.3 Å². The van der Waals surface area contributed by atoms with Crippen LogP contribution in [-0.4, -0.2) is 43.4 Å². The van der Waals surface area contributed by atoms with E-state index in [1.54, 1.807) is 19.4 Å². The number of morpholine rings is 1. The Labute approximate surface area is 145 Å². The van der Waals surface area contributed by atoms with E-state index < -0.39 is 0 Å². The first kappa shape index (κ1) is 15.7. The van der Waals surface area contributed by atoms with Crippen LogP contribution >= 0.6 is 0 Å². The Kier molecular flexibility index (Phi) is 4.11. The summed E-state index contributed by atoms with van der Waals surface area (Å²) in [6, 6.07) is 9.69. The number of methoxy groups -OCH3 is 1. The SMILES string of the molecule is COc1cc2c(=O)[nH]ccc2cc1-c1ccnc(N2CCOCC2)c1. The average Bonchev–Trinajstić information content (AvgIpc) is 2.68. The number of aromatic amines is 1. The normalized spacial score (nSPS) is 14.7. The minimum Gasteiger partial charge on any atom is -0.496 e. The summed E-state index contributed by atoms with van der Waals surface area (Å²) in [5.74, 6) is 1.59. The van der Waals surface area contributed by atoms with E-state index in [0.717, 1.165) is 35.4 Å². The van der Waals surface area contributed by atoms with Gasteiger partial charge < -0.3 is 19.4 Å². The molecule has 1 aliphatic rings. The van der Waals surface area contributed by atoms with Crippen LogP contribution in [0.4, 0.5) is 5.82 Å². The zero-order chi connectivity index (χ0) is 17.2. The molecule has 6 nitrogen and oxygen atoms in total. The average molecular weight is 337 g/mol. The lowest BCUT2D eigenvalue weighted by atomic mass is 10.0. The fraction of sp³-hybridized carbons (Fsp3) is 0.263. The van der Waals surface area contributed by atoms with Gasteiger partial charge in [-0.05, 0) is 41.3 Å². The molecule has 0 unspecified atom stereocenters. The summed E-state index contributed by atoms with van der Waals surface area (Å²) in [6.07, 6.45) is 3.47. The summed E-state index contributed by atoms with van der Waals surface area (Å²) in [5, 5.41) is 1.50. The topological polar surface area (TPSA) is 67.5 Å². The Bertz CT molecular complexity index is 962. The lowest BCUT2D eigenvalue weighted by Gasteiger charge is -2.28. The van der Waals surface area contributed by atoms with E-state index in [-0.39, 0.29) is 5.56 Å². The molecule has 0 atom stereocenters. The minimum atomic E-state index is -0.119. The summed E-state index contributed by atoms with van der Waals surface area (Å²) in [5.41, 5.74) is 1.83. The van der Waals surface area contributed by atoms with Crippen LogP contribution in [0.2, 0.25) is 0 Å². The van der Waals surface area contributed by atoms with Gasteiger partial charge in [-0.25, -0.2) is 4.98 Å². The molecule has 0 aliphatic carbocycles. The molecule has 2 aromatic heterocycles. The second kappa shape index (κ2) is 6.57. The van der Waals surface area contributed by atoms with Gasteiger partial charge in [-0.3, -0.25) is 4.79 Å². The molecular weight excluding hydrogens is 318 g/mol. The maximum absolute atomic E-state index is 12.0. The van der Waals surface area contributed by atoms with E-state index >= 15 is 0 Å². The van der Waals surface area contributed by atoms with Gasteiger partial charge in [0.15, 0.2) is 0 Å². The number of pyridine rings is 2. The van der Waals surface area contributed by atoms with Crippen LogP contribution in [-0.2, 0) is 4.74 Å². The molecule has 6 heteroatoms. The number of ether oxygens (including phenoxy) is 2. The van der Waals surface area contributed by atoms with Gasteiger partial charge in [0.05, 0.1) is 25.7 Å². The number of hydrogen-bond acceptors (Lipinski definition) is 5. The van der Waals surface area contributed by atoms with Crippen LogP contribution in [0.5, 0.6) is 5.75 Å². The lowest BCUT2D eigenvalue weighted by molar-refractivity contribution is 0.122. The van der Waals surface area contributed by atoms with Crippen molar-refractivity contribution in [2.45, 2.75) is 0 Å². The molecule has 128 valence electrons. The van der Waals surface area contributed by atoms with Crippen molar-refractivity contribution < 1.29 is 9.47 Å². The van der Waals surface area contributed by atoms with Crippen LogP contribution < -0.4 is 15.2 Å². The predicted molar refractivity (Wildman–Crippen MR) is 97.4 cm³/mol. The number of H-pyrrole nitrogens is 1. The number of hydrogen-bond donors (Lipinski definition) is 1. The van der Waals surface area contributed by atoms with Crippen molar-refractivity contribution in [1.82, 2.24) is 9.97 Å². The van der Waals surface area contributed by atoms with E-state index in [1.807, 2.05) is 24.4 Å². The smallest absolute Gasteiger partial charge is 0.255 e. The molecule has 1 fully saturated rings. The number of nitrogens with one attached hydrogen (secondary N) is 1. The Morgan fingerprint density at radius 1 is 1.20 bits per heavy atom. The number of benzene rings is 1. The van der Waals surface area contributed by atoms with Crippen LogP contribution in [0.25, 0.3) is 21.9 Å². The van der Waals surface area contributed by atoms with Crippen molar-refractivity contribution in [2.24, 2.45) is 0 Å². The number of rotatable bonds is 3. The molecule has 0 amide bonds. The summed E-state index contributed by atoms with van der Waals surface area (Å²) < 4.78 is 11.0. The van der Waals surface area contributed by atoms with Gasteiger partial charge in [0.1, 0.15) is 11.6 Å². The molecule has 1 N–H and O–H groups in total. The van der Waals surface area contributed by atoms with Gasteiger partial charge in [0, 0.05) is 31.0 Å². The highest BCUT2D eigenvalue weighted by molar-refractivity contribution is 5.90. The van der Waals surface area contributed by atoms with Crippen LogP contribution in [0.1, 0.15) is 0 Å². The summed E-state index contributed by atoms with van der Waals surface area (Å²) in [6.45, 7) is 3.10. The Morgan fingerprint density at radius 2 is 2.04 bits per heavy atom. The summed E-state index contributed by atoms with van der Waals surface area (Å²) in [7, 11) is 1.62. The van der Waals surface area contributed by atoms with E-state index in [9.17, 15) is 4.79 Å². The predicted octanol–water partition coefficient (Wildman–Crippen LogP) is 2.44. The first-order chi connectivity index (χ1) is 12.3. The Balaban J connectivity index is 1.82. The Hall–Kier alpha value is -2.86. The molecule has 0 bridgehead atoms. The first-order valence-electron chi connectivity index (χ1n) is 8.25.